The summed E-state index contributed by atoms with van der Waals surface area (Å²) in [5.41, 5.74) is -1.19. The van der Waals surface area contributed by atoms with Crippen molar-refractivity contribution >= 4 is 5.97 Å². The molecule has 0 aromatic heterocycles. The Labute approximate surface area is 224 Å². The van der Waals surface area contributed by atoms with Crippen LogP contribution in [0.3, 0.4) is 0 Å². The van der Waals surface area contributed by atoms with Crippen molar-refractivity contribution < 1.29 is 34.3 Å². The van der Waals surface area contributed by atoms with Gasteiger partial charge < -0.3 is 39.7 Å². The predicted octanol–water partition coefficient (Wildman–Crippen LogP) is 2.30. The average Bonchev–Trinajstić information content (AvgIpc) is 2.81. The highest BCUT2D eigenvalue weighted by Crippen LogP contribution is 2.35. The normalized spacial score (nSPS) is 45.6. The van der Waals surface area contributed by atoms with Crippen molar-refractivity contribution in [3.05, 3.63) is 0 Å². The molecule has 9 nitrogen and oxygen atoms in total. The summed E-state index contributed by atoms with van der Waals surface area (Å²) < 4.78 is 18.4. The molecular weight excluding hydrogens is 476 g/mol. The first-order chi connectivity index (χ1) is 17.2. The molecule has 37 heavy (non-hydrogen) atoms. The van der Waals surface area contributed by atoms with Crippen LogP contribution in [0.15, 0.2) is 0 Å². The van der Waals surface area contributed by atoms with Gasteiger partial charge in [0.15, 0.2) is 6.29 Å². The van der Waals surface area contributed by atoms with E-state index in [-0.39, 0.29) is 17.9 Å². The lowest BCUT2D eigenvalue weighted by Gasteiger charge is -2.44. The lowest BCUT2D eigenvalue weighted by atomic mass is 9.79. The van der Waals surface area contributed by atoms with E-state index < -0.39 is 54.2 Å². The lowest BCUT2D eigenvalue weighted by Crippen LogP contribution is -2.52. The smallest absolute Gasteiger partial charge is 0.309 e. The third kappa shape index (κ3) is 9.12. The summed E-state index contributed by atoms with van der Waals surface area (Å²) >= 11 is 0. The van der Waals surface area contributed by atoms with E-state index >= 15 is 0 Å². The number of carbonyl (C=O) groups is 1. The Balaban J connectivity index is 2.32. The monoisotopic (exact) mass is 530 g/mol. The molecule has 0 saturated carbocycles. The van der Waals surface area contributed by atoms with Crippen molar-refractivity contribution in [1.29, 1.82) is 0 Å². The first-order valence-corrected chi connectivity index (χ1v) is 14.2. The highest BCUT2D eigenvalue weighted by molar-refractivity contribution is 5.72. The topological polar surface area (TPSA) is 121 Å². The molecule has 4 N–H and O–H groups in total. The number of cyclic esters (lactones) is 1. The molecule has 0 aliphatic carbocycles. The largest absolute Gasteiger partial charge is 0.459 e. The maximum atomic E-state index is 13.0. The molecule has 0 bridgehead atoms. The number of nitrogens with one attached hydrogen (secondary N) is 1. The summed E-state index contributed by atoms with van der Waals surface area (Å²) in [4.78, 5) is 15.2. The highest BCUT2D eigenvalue weighted by atomic mass is 16.7. The molecule has 218 valence electrons. The zero-order valence-corrected chi connectivity index (χ0v) is 24.5. The minimum atomic E-state index is -1.20. The van der Waals surface area contributed by atoms with Crippen molar-refractivity contribution in [3.8, 4) is 0 Å². The summed E-state index contributed by atoms with van der Waals surface area (Å²) in [6.45, 7) is 13.8. The summed E-state index contributed by atoms with van der Waals surface area (Å²) in [5.74, 6) is -1.02. The molecule has 0 spiro atoms. The molecule has 0 aromatic rings. The van der Waals surface area contributed by atoms with Crippen LogP contribution >= 0.6 is 0 Å². The molecule has 2 saturated heterocycles. The SMILES string of the molecule is CC[C@H]1OC(=O)C(C)C[C@H](C)[C@@H](OC2CC(N(C)C)CC(C)O2)[C@](C)(O)C[C@@H](C)CNC(C)C(O)C1O. The Morgan fingerprint density at radius 2 is 1.73 bits per heavy atom. The quantitative estimate of drug-likeness (QED) is 0.406. The zero-order chi connectivity index (χ0) is 28.1. The Morgan fingerprint density at radius 3 is 2.32 bits per heavy atom. The Hall–Kier alpha value is -0.810. The van der Waals surface area contributed by atoms with Gasteiger partial charge in [-0.2, -0.15) is 0 Å². The van der Waals surface area contributed by atoms with Gasteiger partial charge >= 0.3 is 5.97 Å². The second-order valence-corrected chi connectivity index (χ2v) is 12.4. The fourth-order valence-corrected chi connectivity index (χ4v) is 5.99. The molecule has 0 radical (unpaired) electrons. The van der Waals surface area contributed by atoms with Gasteiger partial charge in [0.25, 0.3) is 0 Å². The van der Waals surface area contributed by atoms with Crippen LogP contribution in [0.2, 0.25) is 0 Å². The second-order valence-electron chi connectivity index (χ2n) is 12.4. The molecule has 0 aromatic carbocycles. The molecule has 2 fully saturated rings. The van der Waals surface area contributed by atoms with Gasteiger partial charge in [-0.25, -0.2) is 0 Å². The lowest BCUT2D eigenvalue weighted by molar-refractivity contribution is -0.261. The van der Waals surface area contributed by atoms with Crippen LogP contribution in [0, 0.1) is 17.8 Å². The molecule has 2 heterocycles. The molecule has 2 aliphatic heterocycles. The molecule has 2 rings (SSSR count). The van der Waals surface area contributed by atoms with Gasteiger partial charge in [-0.3, -0.25) is 4.79 Å². The van der Waals surface area contributed by atoms with Crippen LogP contribution < -0.4 is 5.32 Å². The number of carbonyl (C=O) groups excluding carboxylic acids is 1. The zero-order valence-electron chi connectivity index (χ0n) is 24.5. The average molecular weight is 531 g/mol. The van der Waals surface area contributed by atoms with Crippen molar-refractivity contribution in [3.63, 3.8) is 0 Å². The number of aliphatic hydroxyl groups excluding tert-OH is 2. The third-order valence-corrected chi connectivity index (χ3v) is 8.20. The van der Waals surface area contributed by atoms with Gasteiger partial charge in [0.2, 0.25) is 0 Å². The Morgan fingerprint density at radius 1 is 1.08 bits per heavy atom. The van der Waals surface area contributed by atoms with E-state index in [1.807, 2.05) is 27.7 Å². The molecule has 2 aliphatic rings. The van der Waals surface area contributed by atoms with Gasteiger partial charge in [0.1, 0.15) is 12.2 Å². The standard InChI is InChI=1S/C28H54N2O7/c1-10-22-25(32)24(31)20(6)29-15-16(2)14-28(7,34)26(17(3)11-18(4)27(33)36-22)37-23-13-21(30(8)9)12-19(5)35-23/h16-26,29,31-32,34H,10-15H2,1-9H3/t16-,17+,18?,19?,20?,21?,22-,23?,24?,25?,26-,28-/m1/s1. The molecule has 0 amide bonds. The van der Waals surface area contributed by atoms with Crippen LogP contribution in [0.25, 0.3) is 0 Å². The van der Waals surface area contributed by atoms with E-state index in [0.717, 1.165) is 6.42 Å². The van der Waals surface area contributed by atoms with Crippen LogP contribution in [0.5, 0.6) is 0 Å². The van der Waals surface area contributed by atoms with Crippen LogP contribution in [0.1, 0.15) is 80.6 Å². The Kier molecular flexibility index (Phi) is 12.3. The number of hydrogen-bond acceptors (Lipinski definition) is 9. The number of rotatable bonds is 4. The third-order valence-electron chi connectivity index (χ3n) is 8.20. The number of esters is 1. The number of aliphatic hydroxyl groups is 3. The van der Waals surface area contributed by atoms with E-state index in [9.17, 15) is 20.1 Å². The first kappa shape index (κ1) is 32.4. The van der Waals surface area contributed by atoms with E-state index in [0.29, 0.717) is 38.3 Å². The van der Waals surface area contributed by atoms with E-state index in [2.05, 4.69) is 24.3 Å². The fourth-order valence-electron chi connectivity index (χ4n) is 5.99. The second kappa shape index (κ2) is 14.0. The van der Waals surface area contributed by atoms with Gasteiger partial charge in [-0.05, 0) is 78.9 Å². The summed E-state index contributed by atoms with van der Waals surface area (Å²) in [7, 11) is 4.12. The van der Waals surface area contributed by atoms with Crippen molar-refractivity contribution in [2.45, 2.75) is 135 Å². The number of ether oxygens (including phenoxy) is 3. The minimum Gasteiger partial charge on any atom is -0.459 e. The van der Waals surface area contributed by atoms with Gasteiger partial charge in [0.05, 0.1) is 29.8 Å². The maximum Gasteiger partial charge on any atom is 0.309 e. The van der Waals surface area contributed by atoms with E-state index in [1.54, 1.807) is 20.8 Å². The molecular formula is C28H54N2O7. The van der Waals surface area contributed by atoms with Crippen molar-refractivity contribution in [2.24, 2.45) is 17.8 Å². The molecule has 12 atom stereocenters. The van der Waals surface area contributed by atoms with Crippen LogP contribution in [-0.2, 0) is 19.0 Å². The summed E-state index contributed by atoms with van der Waals surface area (Å²) in [6.07, 6.45) is -1.18. The van der Waals surface area contributed by atoms with Crippen LogP contribution in [0.4, 0.5) is 0 Å². The van der Waals surface area contributed by atoms with E-state index in [1.165, 1.54) is 0 Å². The summed E-state index contributed by atoms with van der Waals surface area (Å²) in [6, 6.07) is -0.109. The maximum absolute atomic E-state index is 13.0. The number of hydrogen-bond donors (Lipinski definition) is 4. The molecule has 7 unspecified atom stereocenters. The number of nitrogens with zero attached hydrogens (tertiary/aromatic N) is 1. The predicted molar refractivity (Wildman–Crippen MR) is 143 cm³/mol. The van der Waals surface area contributed by atoms with Gasteiger partial charge in [0, 0.05) is 18.5 Å². The van der Waals surface area contributed by atoms with Crippen molar-refractivity contribution in [1.82, 2.24) is 10.2 Å². The van der Waals surface area contributed by atoms with Gasteiger partial charge in [-0.1, -0.05) is 27.7 Å². The first-order valence-electron chi connectivity index (χ1n) is 14.2. The van der Waals surface area contributed by atoms with E-state index in [4.69, 9.17) is 14.2 Å². The highest BCUT2D eigenvalue weighted by Gasteiger charge is 2.43. The van der Waals surface area contributed by atoms with Gasteiger partial charge in [-0.15, -0.1) is 0 Å². The van der Waals surface area contributed by atoms with Crippen molar-refractivity contribution in [2.75, 3.05) is 20.6 Å². The summed E-state index contributed by atoms with van der Waals surface area (Å²) in [5, 5.41) is 36.5. The Bertz CT molecular complexity index is 706. The van der Waals surface area contributed by atoms with Crippen LogP contribution in [-0.4, -0.2) is 101 Å². The fraction of sp³-hybridized carbons (Fsp3) is 0.964. The minimum absolute atomic E-state index is 0.0380. The molecule has 9 heteroatoms.